The van der Waals surface area contributed by atoms with Crippen molar-refractivity contribution in [3.05, 3.63) is 65.2 Å². The number of aromatic nitrogens is 1. The summed E-state index contributed by atoms with van der Waals surface area (Å²) in [6.45, 7) is 1.97. The summed E-state index contributed by atoms with van der Waals surface area (Å²) >= 11 is 1.72. The lowest BCUT2D eigenvalue weighted by molar-refractivity contribution is -0.132. The number of amides is 1. The van der Waals surface area contributed by atoms with Crippen molar-refractivity contribution in [1.29, 1.82) is 0 Å². The minimum absolute atomic E-state index is 0. The second kappa shape index (κ2) is 12.7. The summed E-state index contributed by atoms with van der Waals surface area (Å²) in [5, 5.41) is 1.11. The Morgan fingerprint density at radius 3 is 2.43 bits per heavy atom. The lowest BCUT2D eigenvalue weighted by Gasteiger charge is -2.22. The third-order valence-electron chi connectivity index (χ3n) is 4.32. The van der Waals surface area contributed by atoms with Crippen molar-refractivity contribution in [2.45, 2.75) is 32.2 Å². The number of hydrogen-bond acceptors (Lipinski definition) is 4. The number of aryl methyl sites for hydroxylation is 1. The van der Waals surface area contributed by atoms with Crippen LogP contribution in [0.3, 0.4) is 0 Å². The predicted octanol–water partition coefficient (Wildman–Crippen LogP) is 4.84. The van der Waals surface area contributed by atoms with E-state index >= 15 is 0 Å². The van der Waals surface area contributed by atoms with Crippen LogP contribution < -0.4 is 5.73 Å². The molecule has 0 aliphatic heterocycles. The molecule has 0 saturated carbocycles. The fourth-order valence-corrected chi connectivity index (χ4v) is 3.96. The van der Waals surface area contributed by atoms with Gasteiger partial charge >= 0.3 is 0 Å². The number of fused-ring (bicyclic) bond motifs is 1. The summed E-state index contributed by atoms with van der Waals surface area (Å²) in [6, 6.07) is 18.3. The van der Waals surface area contributed by atoms with E-state index in [0.29, 0.717) is 26.1 Å². The Morgan fingerprint density at radius 1 is 1.00 bits per heavy atom. The number of benzene rings is 2. The molecular formula is C21H27Cl2N3OS. The van der Waals surface area contributed by atoms with E-state index in [4.69, 9.17) is 5.73 Å². The molecule has 2 aromatic carbocycles. The molecule has 1 aromatic heterocycles. The predicted molar refractivity (Wildman–Crippen MR) is 123 cm³/mol. The minimum atomic E-state index is 0. The van der Waals surface area contributed by atoms with Gasteiger partial charge in [0.05, 0.1) is 15.2 Å². The first-order valence-corrected chi connectivity index (χ1v) is 9.94. The summed E-state index contributed by atoms with van der Waals surface area (Å²) < 4.78 is 1.21. The summed E-state index contributed by atoms with van der Waals surface area (Å²) in [7, 11) is 0. The smallest absolute Gasteiger partial charge is 0.222 e. The molecule has 1 amide bonds. The van der Waals surface area contributed by atoms with E-state index in [1.165, 1.54) is 4.70 Å². The van der Waals surface area contributed by atoms with Gasteiger partial charge in [-0.15, -0.1) is 36.2 Å². The molecule has 7 heteroatoms. The van der Waals surface area contributed by atoms with Crippen molar-refractivity contribution in [2.75, 3.05) is 13.1 Å². The van der Waals surface area contributed by atoms with Crippen LogP contribution in [0.25, 0.3) is 10.2 Å². The number of rotatable bonds is 9. The lowest BCUT2D eigenvalue weighted by Crippen LogP contribution is -2.32. The Balaban J connectivity index is 0.00000196. The monoisotopic (exact) mass is 439 g/mol. The maximum atomic E-state index is 12.7. The van der Waals surface area contributed by atoms with Crippen LogP contribution in [0.5, 0.6) is 0 Å². The Morgan fingerprint density at radius 2 is 1.71 bits per heavy atom. The number of nitrogens with two attached hydrogens (primary N) is 1. The largest absolute Gasteiger partial charge is 0.338 e. The summed E-state index contributed by atoms with van der Waals surface area (Å²) in [5.41, 5.74) is 7.84. The van der Waals surface area contributed by atoms with Crippen LogP contribution in [0.4, 0.5) is 0 Å². The Labute approximate surface area is 183 Å². The highest BCUT2D eigenvalue weighted by Crippen LogP contribution is 2.23. The van der Waals surface area contributed by atoms with Crippen molar-refractivity contribution in [3.63, 3.8) is 0 Å². The molecule has 152 valence electrons. The average Bonchev–Trinajstić information content (AvgIpc) is 3.08. The number of hydrogen-bond donors (Lipinski definition) is 1. The molecule has 3 rings (SSSR count). The van der Waals surface area contributed by atoms with Crippen LogP contribution in [-0.2, 0) is 17.8 Å². The average molecular weight is 440 g/mol. The molecule has 0 atom stereocenters. The van der Waals surface area contributed by atoms with E-state index in [9.17, 15) is 4.79 Å². The van der Waals surface area contributed by atoms with Crippen molar-refractivity contribution >= 4 is 52.3 Å². The van der Waals surface area contributed by atoms with E-state index in [0.717, 1.165) is 35.4 Å². The summed E-state index contributed by atoms with van der Waals surface area (Å²) in [5.74, 6) is 0.198. The SMILES string of the molecule is Cl.Cl.NCCCN(Cc1ccccc1)C(=O)CCCc1nc2ccccc2s1. The van der Waals surface area contributed by atoms with Gasteiger partial charge in [0.1, 0.15) is 0 Å². The first-order valence-electron chi connectivity index (χ1n) is 9.12. The standard InChI is InChI=1S/C21H25N3OS.2ClH/c22-14-7-15-24(16-17-8-2-1-3-9-17)21(25)13-6-12-20-23-18-10-4-5-11-19(18)26-20;;/h1-5,8-11H,6-7,12-16,22H2;2*1H. The van der Waals surface area contributed by atoms with Crippen LogP contribution in [0.2, 0.25) is 0 Å². The highest BCUT2D eigenvalue weighted by atomic mass is 35.5. The number of carbonyl (C=O) groups is 1. The van der Waals surface area contributed by atoms with Gasteiger partial charge in [-0.3, -0.25) is 4.79 Å². The third-order valence-corrected chi connectivity index (χ3v) is 5.42. The maximum Gasteiger partial charge on any atom is 0.222 e. The van der Waals surface area contributed by atoms with Gasteiger partial charge < -0.3 is 10.6 Å². The molecule has 0 spiro atoms. The van der Waals surface area contributed by atoms with E-state index in [1.807, 2.05) is 41.3 Å². The first-order chi connectivity index (χ1) is 12.8. The Kier molecular flexibility index (Phi) is 11.1. The van der Waals surface area contributed by atoms with Crippen molar-refractivity contribution < 1.29 is 4.79 Å². The molecule has 4 nitrogen and oxygen atoms in total. The zero-order chi connectivity index (χ0) is 18.2. The molecule has 3 aromatic rings. The number of nitrogens with zero attached hydrogens (tertiary/aromatic N) is 2. The van der Waals surface area contributed by atoms with E-state index in [1.54, 1.807) is 11.3 Å². The fourth-order valence-electron chi connectivity index (χ4n) is 2.95. The topological polar surface area (TPSA) is 59.2 Å². The quantitative estimate of drug-likeness (QED) is 0.518. The molecule has 0 unspecified atom stereocenters. The van der Waals surface area contributed by atoms with Crippen molar-refractivity contribution in [1.82, 2.24) is 9.88 Å². The van der Waals surface area contributed by atoms with Crippen LogP contribution in [-0.4, -0.2) is 28.9 Å². The number of thiazole rings is 1. The molecule has 1 heterocycles. The Bertz CT molecular complexity index is 809. The van der Waals surface area contributed by atoms with Gasteiger partial charge in [0, 0.05) is 19.5 Å². The summed E-state index contributed by atoms with van der Waals surface area (Å²) in [4.78, 5) is 19.3. The zero-order valence-corrected chi connectivity index (χ0v) is 18.2. The van der Waals surface area contributed by atoms with Gasteiger partial charge in [-0.05, 0) is 43.5 Å². The zero-order valence-electron chi connectivity index (χ0n) is 15.8. The molecule has 0 fully saturated rings. The Hall–Kier alpha value is -1.66. The van der Waals surface area contributed by atoms with Crippen molar-refractivity contribution in [3.8, 4) is 0 Å². The van der Waals surface area contributed by atoms with Gasteiger partial charge in [0.25, 0.3) is 0 Å². The third kappa shape index (κ3) is 7.06. The van der Waals surface area contributed by atoms with Gasteiger partial charge in [-0.1, -0.05) is 42.5 Å². The highest BCUT2D eigenvalue weighted by molar-refractivity contribution is 7.18. The number of para-hydroxylation sites is 1. The van der Waals surface area contributed by atoms with Crippen LogP contribution in [0.15, 0.2) is 54.6 Å². The molecule has 0 radical (unpaired) electrons. The van der Waals surface area contributed by atoms with Gasteiger partial charge in [0.15, 0.2) is 0 Å². The first kappa shape index (κ1) is 24.4. The summed E-state index contributed by atoms with van der Waals surface area (Å²) in [6.07, 6.45) is 3.05. The minimum Gasteiger partial charge on any atom is -0.338 e. The van der Waals surface area contributed by atoms with E-state index in [-0.39, 0.29) is 30.7 Å². The van der Waals surface area contributed by atoms with Gasteiger partial charge in [0.2, 0.25) is 5.91 Å². The van der Waals surface area contributed by atoms with E-state index < -0.39 is 0 Å². The van der Waals surface area contributed by atoms with Crippen LogP contribution in [0.1, 0.15) is 29.8 Å². The van der Waals surface area contributed by atoms with Crippen molar-refractivity contribution in [2.24, 2.45) is 5.73 Å². The van der Waals surface area contributed by atoms with Gasteiger partial charge in [-0.25, -0.2) is 4.98 Å². The second-order valence-corrected chi connectivity index (χ2v) is 7.49. The fraction of sp³-hybridized carbons (Fsp3) is 0.333. The second-order valence-electron chi connectivity index (χ2n) is 6.37. The van der Waals surface area contributed by atoms with E-state index in [2.05, 4.69) is 23.2 Å². The lowest BCUT2D eigenvalue weighted by atomic mass is 10.1. The number of halogens is 2. The maximum absolute atomic E-state index is 12.7. The molecule has 2 N–H and O–H groups in total. The molecule has 28 heavy (non-hydrogen) atoms. The highest BCUT2D eigenvalue weighted by Gasteiger charge is 2.14. The molecule has 0 aliphatic carbocycles. The molecule has 0 saturated heterocycles. The van der Waals surface area contributed by atoms with Gasteiger partial charge in [-0.2, -0.15) is 0 Å². The van der Waals surface area contributed by atoms with Crippen LogP contribution >= 0.6 is 36.2 Å². The molecule has 0 aliphatic rings. The number of carbonyl (C=O) groups excluding carboxylic acids is 1. The molecular weight excluding hydrogens is 413 g/mol. The molecule has 0 bridgehead atoms. The van der Waals surface area contributed by atoms with Crippen LogP contribution in [0, 0.1) is 0 Å². The normalized spacial score (nSPS) is 10.2.